The maximum absolute atomic E-state index is 11.9. The Morgan fingerprint density at radius 2 is 1.96 bits per heavy atom. The minimum Gasteiger partial charge on any atom is -0.479 e. The van der Waals surface area contributed by atoms with Gasteiger partial charge in [-0.3, -0.25) is 0 Å². The molecule has 120 valence electrons. The smallest absolute Gasteiger partial charge is 0.374 e. The van der Waals surface area contributed by atoms with Gasteiger partial charge < -0.3 is 15.3 Å². The zero-order valence-electron chi connectivity index (χ0n) is 12.8. The molecule has 0 aromatic heterocycles. The molecule has 0 aliphatic rings. The Morgan fingerprint density at radius 3 is 2.65 bits per heavy atom. The molecule has 1 atom stereocenters. The number of hydrogen-bond acceptors (Lipinski definition) is 4. The summed E-state index contributed by atoms with van der Waals surface area (Å²) in [6.45, 7) is 3.49. The van der Waals surface area contributed by atoms with Crippen LogP contribution in [0.15, 0.2) is 53.7 Å². The van der Waals surface area contributed by atoms with Crippen molar-refractivity contribution in [3.05, 3.63) is 64.7 Å². The molecule has 0 spiro atoms. The van der Waals surface area contributed by atoms with Gasteiger partial charge in [0.1, 0.15) is 5.75 Å². The normalized spacial score (nSPS) is 12.6. The largest absolute Gasteiger partial charge is 0.479 e. The van der Waals surface area contributed by atoms with E-state index in [1.807, 2.05) is 25.1 Å². The monoisotopic (exact) mass is 332 g/mol. The predicted octanol–water partition coefficient (Wildman–Crippen LogP) is 3.28. The fourth-order valence-electron chi connectivity index (χ4n) is 1.82. The number of nitrogens with zero attached hydrogens (tertiary/aromatic N) is 1. The van der Waals surface area contributed by atoms with E-state index >= 15 is 0 Å². The van der Waals surface area contributed by atoms with E-state index in [-0.39, 0.29) is 5.84 Å². The molecule has 2 aromatic rings. The zero-order chi connectivity index (χ0) is 16.8. The van der Waals surface area contributed by atoms with Crippen molar-refractivity contribution >= 4 is 23.4 Å². The van der Waals surface area contributed by atoms with E-state index in [0.29, 0.717) is 16.3 Å². The average Bonchev–Trinajstić information content (AvgIpc) is 2.52. The number of carbonyl (C=O) groups is 1. The fraction of sp³-hybridized carbons (Fsp3) is 0.176. The topological polar surface area (TPSA) is 73.9 Å². The first-order valence-corrected chi connectivity index (χ1v) is 7.37. The summed E-state index contributed by atoms with van der Waals surface area (Å²) in [7, 11) is 0. The summed E-state index contributed by atoms with van der Waals surface area (Å²) < 4.78 is 5.45. The lowest BCUT2D eigenvalue weighted by molar-refractivity contribution is -0.151. The summed E-state index contributed by atoms with van der Waals surface area (Å²) in [5.74, 6) is -0.0600. The number of nitrogens with two attached hydrogens (primary N) is 1. The van der Waals surface area contributed by atoms with Gasteiger partial charge in [0.25, 0.3) is 0 Å². The molecule has 5 nitrogen and oxygen atoms in total. The zero-order valence-corrected chi connectivity index (χ0v) is 13.6. The van der Waals surface area contributed by atoms with E-state index in [0.717, 1.165) is 5.56 Å². The van der Waals surface area contributed by atoms with Crippen LogP contribution < -0.4 is 10.5 Å². The van der Waals surface area contributed by atoms with Crippen LogP contribution in [0.4, 0.5) is 0 Å². The second kappa shape index (κ2) is 7.65. The van der Waals surface area contributed by atoms with Gasteiger partial charge in [-0.25, -0.2) is 4.79 Å². The van der Waals surface area contributed by atoms with E-state index in [9.17, 15) is 4.79 Å². The van der Waals surface area contributed by atoms with E-state index < -0.39 is 12.1 Å². The van der Waals surface area contributed by atoms with Gasteiger partial charge in [-0.15, -0.1) is 0 Å². The van der Waals surface area contributed by atoms with Crippen molar-refractivity contribution in [2.45, 2.75) is 20.0 Å². The number of benzene rings is 2. The van der Waals surface area contributed by atoms with Gasteiger partial charge in [0, 0.05) is 10.6 Å². The fourth-order valence-corrected chi connectivity index (χ4v) is 2.00. The first-order chi connectivity index (χ1) is 11.0. The molecule has 6 heteroatoms. The Balaban J connectivity index is 1.97. The summed E-state index contributed by atoms with van der Waals surface area (Å²) in [5.41, 5.74) is 7.51. The van der Waals surface area contributed by atoms with Crippen molar-refractivity contribution in [1.29, 1.82) is 0 Å². The van der Waals surface area contributed by atoms with E-state index in [2.05, 4.69) is 5.16 Å². The highest BCUT2D eigenvalue weighted by Gasteiger charge is 2.17. The average molecular weight is 333 g/mol. The number of rotatable bonds is 5. The molecule has 2 rings (SSSR count). The predicted molar refractivity (Wildman–Crippen MR) is 89.5 cm³/mol. The first kappa shape index (κ1) is 16.8. The molecule has 0 radical (unpaired) electrons. The molecule has 0 amide bonds. The van der Waals surface area contributed by atoms with Crippen LogP contribution in [-0.4, -0.2) is 17.9 Å². The molecule has 0 unspecified atom stereocenters. The standard InChI is InChI=1S/C17H17ClN2O3/c1-11-5-3-6-13(9-11)16(19)20-23-17(21)12(2)22-15-8-4-7-14(18)10-15/h3-10,12H,1-2H3,(H2,19,20)/t12-/m0/s1. The Morgan fingerprint density at radius 1 is 1.22 bits per heavy atom. The quantitative estimate of drug-likeness (QED) is 0.394. The van der Waals surface area contributed by atoms with Crippen molar-refractivity contribution in [3.8, 4) is 5.75 Å². The summed E-state index contributed by atoms with van der Waals surface area (Å²) >= 11 is 5.86. The van der Waals surface area contributed by atoms with Crippen LogP contribution in [0.3, 0.4) is 0 Å². The summed E-state index contributed by atoms with van der Waals surface area (Å²) in [5, 5.41) is 4.17. The lowest BCUT2D eigenvalue weighted by Gasteiger charge is -2.12. The van der Waals surface area contributed by atoms with Crippen LogP contribution in [0, 0.1) is 6.92 Å². The number of aryl methyl sites for hydroxylation is 1. The Bertz CT molecular complexity index is 731. The minimum absolute atomic E-state index is 0.122. The van der Waals surface area contributed by atoms with E-state index in [4.69, 9.17) is 26.9 Å². The molecule has 0 saturated carbocycles. The third kappa shape index (κ3) is 5.00. The molecule has 0 heterocycles. The number of oxime groups is 1. The van der Waals surface area contributed by atoms with Gasteiger partial charge in [-0.1, -0.05) is 46.6 Å². The third-order valence-corrected chi connectivity index (χ3v) is 3.22. The lowest BCUT2D eigenvalue weighted by Crippen LogP contribution is -2.26. The molecule has 0 aliphatic heterocycles. The second-order valence-electron chi connectivity index (χ2n) is 4.97. The number of amidine groups is 1. The van der Waals surface area contributed by atoms with Crippen LogP contribution in [0.1, 0.15) is 18.1 Å². The molecule has 0 fully saturated rings. The highest BCUT2D eigenvalue weighted by atomic mass is 35.5. The number of halogens is 1. The maximum Gasteiger partial charge on any atom is 0.374 e. The van der Waals surface area contributed by atoms with Gasteiger partial charge in [0.15, 0.2) is 11.9 Å². The summed E-state index contributed by atoms with van der Waals surface area (Å²) in [4.78, 5) is 16.7. The molecule has 0 saturated heterocycles. The van der Waals surface area contributed by atoms with Crippen molar-refractivity contribution in [3.63, 3.8) is 0 Å². The number of carbonyl (C=O) groups excluding carboxylic acids is 1. The number of hydrogen-bond donors (Lipinski definition) is 1. The van der Waals surface area contributed by atoms with Gasteiger partial charge in [0.2, 0.25) is 0 Å². The summed E-state index contributed by atoms with van der Waals surface area (Å²) in [6.07, 6.45) is -0.845. The summed E-state index contributed by atoms with van der Waals surface area (Å²) in [6, 6.07) is 14.1. The van der Waals surface area contributed by atoms with Crippen LogP contribution in [0.2, 0.25) is 5.02 Å². The SMILES string of the molecule is Cc1cccc(/C(N)=N\OC(=O)[C@H](C)Oc2cccc(Cl)c2)c1. The van der Waals surface area contributed by atoms with Crippen LogP contribution in [0.25, 0.3) is 0 Å². The Hall–Kier alpha value is -2.53. The minimum atomic E-state index is -0.845. The molecule has 2 N–H and O–H groups in total. The molecular formula is C17H17ClN2O3. The van der Waals surface area contributed by atoms with Crippen molar-refractivity contribution in [2.75, 3.05) is 0 Å². The van der Waals surface area contributed by atoms with Crippen LogP contribution >= 0.6 is 11.6 Å². The second-order valence-corrected chi connectivity index (χ2v) is 5.41. The van der Waals surface area contributed by atoms with Crippen LogP contribution in [-0.2, 0) is 9.63 Å². The Labute approximate surface area is 139 Å². The molecular weight excluding hydrogens is 316 g/mol. The van der Waals surface area contributed by atoms with Gasteiger partial charge in [-0.2, -0.15) is 0 Å². The third-order valence-electron chi connectivity index (χ3n) is 2.99. The molecule has 23 heavy (non-hydrogen) atoms. The number of ether oxygens (including phenoxy) is 1. The first-order valence-electron chi connectivity index (χ1n) is 6.99. The van der Waals surface area contributed by atoms with Crippen LogP contribution in [0.5, 0.6) is 5.75 Å². The highest BCUT2D eigenvalue weighted by molar-refractivity contribution is 6.30. The van der Waals surface area contributed by atoms with Crippen molar-refractivity contribution < 1.29 is 14.4 Å². The maximum atomic E-state index is 11.9. The van der Waals surface area contributed by atoms with Crippen molar-refractivity contribution in [2.24, 2.45) is 10.9 Å². The van der Waals surface area contributed by atoms with Gasteiger partial charge >= 0.3 is 5.97 Å². The molecule has 0 aliphatic carbocycles. The molecule has 0 bridgehead atoms. The van der Waals surface area contributed by atoms with Crippen molar-refractivity contribution in [1.82, 2.24) is 0 Å². The van der Waals surface area contributed by atoms with Gasteiger partial charge in [-0.05, 0) is 38.1 Å². The Kier molecular flexibility index (Phi) is 5.60. The van der Waals surface area contributed by atoms with E-state index in [1.165, 1.54) is 0 Å². The lowest BCUT2D eigenvalue weighted by atomic mass is 10.1. The highest BCUT2D eigenvalue weighted by Crippen LogP contribution is 2.18. The van der Waals surface area contributed by atoms with E-state index in [1.54, 1.807) is 37.3 Å². The molecule has 2 aromatic carbocycles. The van der Waals surface area contributed by atoms with Gasteiger partial charge in [0.05, 0.1) is 0 Å².